The molecule has 1 N–H and O–H groups in total. The van der Waals surface area contributed by atoms with Gasteiger partial charge in [0, 0.05) is 12.7 Å². The van der Waals surface area contributed by atoms with Crippen molar-refractivity contribution in [3.8, 4) is 0 Å². The first-order valence-electron chi connectivity index (χ1n) is 4.83. The van der Waals surface area contributed by atoms with Crippen LogP contribution in [-0.4, -0.2) is 21.0 Å². The lowest BCUT2D eigenvalue weighted by atomic mass is 9.99. The maximum atomic E-state index is 9.32. The molecule has 0 saturated heterocycles. The lowest BCUT2D eigenvalue weighted by Crippen LogP contribution is -2.15. The van der Waals surface area contributed by atoms with Gasteiger partial charge in [-0.1, -0.05) is 6.92 Å². The molecule has 74 valence electrons. The van der Waals surface area contributed by atoms with E-state index in [4.69, 9.17) is 0 Å². The van der Waals surface area contributed by atoms with E-state index in [9.17, 15) is 5.11 Å². The highest BCUT2D eigenvalue weighted by atomic mass is 16.3. The van der Waals surface area contributed by atoms with Gasteiger partial charge in [-0.15, -0.1) is 0 Å². The second-order valence-corrected chi connectivity index (χ2v) is 3.63. The molecule has 3 heteroatoms. The average Bonchev–Trinajstić information content (AvgIpc) is 2.52. The summed E-state index contributed by atoms with van der Waals surface area (Å²) in [6, 6.07) is 0. The number of aliphatic hydroxyl groups is 1. The Morgan fingerprint density at radius 1 is 1.54 bits per heavy atom. The maximum Gasteiger partial charge on any atom is 0.0540 e. The van der Waals surface area contributed by atoms with Crippen molar-refractivity contribution in [2.75, 3.05) is 0 Å². The van der Waals surface area contributed by atoms with Crippen molar-refractivity contribution in [1.82, 2.24) is 9.78 Å². The molecule has 0 amide bonds. The van der Waals surface area contributed by atoms with Gasteiger partial charge < -0.3 is 5.11 Å². The highest BCUT2D eigenvalue weighted by Crippen LogP contribution is 2.10. The monoisotopic (exact) mass is 182 g/mol. The minimum Gasteiger partial charge on any atom is -0.393 e. The lowest BCUT2D eigenvalue weighted by Gasteiger charge is -2.12. The molecule has 3 nitrogen and oxygen atoms in total. The van der Waals surface area contributed by atoms with Crippen LogP contribution in [0, 0.1) is 5.92 Å². The predicted molar refractivity (Wildman–Crippen MR) is 52.4 cm³/mol. The van der Waals surface area contributed by atoms with Crippen LogP contribution in [-0.2, 0) is 13.0 Å². The van der Waals surface area contributed by atoms with Gasteiger partial charge in [0.25, 0.3) is 0 Å². The Morgan fingerprint density at radius 3 is 2.69 bits per heavy atom. The van der Waals surface area contributed by atoms with Crippen molar-refractivity contribution in [1.29, 1.82) is 0 Å². The molecule has 1 aromatic heterocycles. The van der Waals surface area contributed by atoms with Crippen molar-refractivity contribution in [2.45, 2.75) is 39.8 Å². The Hall–Kier alpha value is -0.830. The van der Waals surface area contributed by atoms with Gasteiger partial charge in [0.1, 0.15) is 0 Å². The molecule has 0 aliphatic heterocycles. The molecule has 13 heavy (non-hydrogen) atoms. The molecule has 1 rings (SSSR count). The molecule has 0 fully saturated rings. The number of hydrogen-bond donors (Lipinski definition) is 1. The molecule has 0 spiro atoms. The fourth-order valence-electron chi connectivity index (χ4n) is 1.23. The normalized spacial score (nSPS) is 15.7. The summed E-state index contributed by atoms with van der Waals surface area (Å²) >= 11 is 0. The van der Waals surface area contributed by atoms with E-state index in [1.807, 2.05) is 30.9 Å². The fraction of sp³-hybridized carbons (Fsp3) is 0.700. The molecule has 0 aliphatic carbocycles. The van der Waals surface area contributed by atoms with Gasteiger partial charge in [0.2, 0.25) is 0 Å². The van der Waals surface area contributed by atoms with Gasteiger partial charge in [-0.3, -0.25) is 4.68 Å². The molecule has 0 aromatic carbocycles. The Kier molecular flexibility index (Phi) is 3.48. The second kappa shape index (κ2) is 4.42. The fourth-order valence-corrected chi connectivity index (χ4v) is 1.23. The van der Waals surface area contributed by atoms with Crippen molar-refractivity contribution in [3.63, 3.8) is 0 Å². The summed E-state index contributed by atoms with van der Waals surface area (Å²) in [7, 11) is 0. The smallest absolute Gasteiger partial charge is 0.0540 e. The van der Waals surface area contributed by atoms with Crippen LogP contribution in [0.5, 0.6) is 0 Å². The minimum absolute atomic E-state index is 0.245. The van der Waals surface area contributed by atoms with E-state index in [1.165, 1.54) is 5.56 Å². The van der Waals surface area contributed by atoms with Crippen molar-refractivity contribution in [3.05, 3.63) is 18.0 Å². The first-order valence-corrected chi connectivity index (χ1v) is 4.83. The number of aryl methyl sites for hydroxylation is 1. The number of aliphatic hydroxyl groups excluding tert-OH is 1. The van der Waals surface area contributed by atoms with Gasteiger partial charge in [-0.2, -0.15) is 5.10 Å². The summed E-state index contributed by atoms with van der Waals surface area (Å²) < 4.78 is 1.91. The zero-order valence-electron chi connectivity index (χ0n) is 8.57. The summed E-state index contributed by atoms with van der Waals surface area (Å²) in [6.45, 7) is 6.85. The van der Waals surface area contributed by atoms with Crippen molar-refractivity contribution in [2.24, 2.45) is 5.92 Å². The third kappa shape index (κ3) is 2.84. The van der Waals surface area contributed by atoms with E-state index in [0.29, 0.717) is 5.92 Å². The highest BCUT2D eigenvalue weighted by molar-refractivity contribution is 5.05. The topological polar surface area (TPSA) is 38.0 Å². The van der Waals surface area contributed by atoms with Gasteiger partial charge in [0.15, 0.2) is 0 Å². The van der Waals surface area contributed by atoms with Crippen LogP contribution in [0.3, 0.4) is 0 Å². The molecule has 2 atom stereocenters. The summed E-state index contributed by atoms with van der Waals surface area (Å²) in [5, 5.41) is 13.5. The Morgan fingerprint density at radius 2 is 2.23 bits per heavy atom. The number of nitrogens with zero attached hydrogens (tertiary/aromatic N) is 2. The third-order valence-electron chi connectivity index (χ3n) is 2.39. The summed E-state index contributed by atoms with van der Waals surface area (Å²) in [5.41, 5.74) is 1.20. The average molecular weight is 182 g/mol. The first-order chi connectivity index (χ1) is 6.13. The van der Waals surface area contributed by atoms with Crippen LogP contribution in [0.25, 0.3) is 0 Å². The van der Waals surface area contributed by atoms with E-state index in [1.54, 1.807) is 0 Å². The highest BCUT2D eigenvalue weighted by Gasteiger charge is 2.10. The molecule has 0 radical (unpaired) electrons. The Bertz CT molecular complexity index is 255. The Balaban J connectivity index is 2.53. The SMILES string of the molecule is CCn1cc(CC(C)C(C)O)cn1. The summed E-state index contributed by atoms with van der Waals surface area (Å²) in [4.78, 5) is 0. The maximum absolute atomic E-state index is 9.32. The third-order valence-corrected chi connectivity index (χ3v) is 2.39. The van der Waals surface area contributed by atoms with Crippen LogP contribution in [0.15, 0.2) is 12.4 Å². The zero-order valence-corrected chi connectivity index (χ0v) is 8.57. The standard InChI is InChI=1S/C10H18N2O/c1-4-12-7-10(6-11-12)5-8(2)9(3)13/h6-9,13H,4-5H2,1-3H3. The van der Waals surface area contributed by atoms with Gasteiger partial charge in [-0.25, -0.2) is 0 Å². The second-order valence-electron chi connectivity index (χ2n) is 3.63. The molecule has 1 heterocycles. The van der Waals surface area contributed by atoms with Crippen LogP contribution in [0.1, 0.15) is 26.3 Å². The zero-order chi connectivity index (χ0) is 9.84. The van der Waals surface area contributed by atoms with Crippen LogP contribution in [0.4, 0.5) is 0 Å². The summed E-state index contributed by atoms with van der Waals surface area (Å²) in [6.07, 6.45) is 4.57. The van der Waals surface area contributed by atoms with E-state index >= 15 is 0 Å². The molecule has 0 saturated carbocycles. The van der Waals surface area contributed by atoms with E-state index in [0.717, 1.165) is 13.0 Å². The molecule has 0 aliphatic rings. The molecule has 2 unspecified atom stereocenters. The quantitative estimate of drug-likeness (QED) is 0.765. The molecular formula is C10H18N2O. The number of rotatable bonds is 4. The van der Waals surface area contributed by atoms with E-state index < -0.39 is 0 Å². The molecule has 1 aromatic rings. The van der Waals surface area contributed by atoms with E-state index in [2.05, 4.69) is 12.0 Å². The minimum atomic E-state index is -0.245. The van der Waals surface area contributed by atoms with Gasteiger partial charge in [0.05, 0.1) is 12.3 Å². The van der Waals surface area contributed by atoms with Crippen molar-refractivity contribution < 1.29 is 5.11 Å². The van der Waals surface area contributed by atoms with Gasteiger partial charge >= 0.3 is 0 Å². The van der Waals surface area contributed by atoms with Crippen LogP contribution < -0.4 is 0 Å². The van der Waals surface area contributed by atoms with Crippen LogP contribution in [0.2, 0.25) is 0 Å². The number of hydrogen-bond acceptors (Lipinski definition) is 2. The van der Waals surface area contributed by atoms with E-state index in [-0.39, 0.29) is 6.10 Å². The van der Waals surface area contributed by atoms with Crippen molar-refractivity contribution >= 4 is 0 Å². The van der Waals surface area contributed by atoms with Crippen LogP contribution >= 0.6 is 0 Å². The van der Waals surface area contributed by atoms with Gasteiger partial charge in [-0.05, 0) is 31.7 Å². The Labute approximate surface area is 79.4 Å². The lowest BCUT2D eigenvalue weighted by molar-refractivity contribution is 0.135. The molecule has 0 bridgehead atoms. The predicted octanol–water partition coefficient (Wildman–Crippen LogP) is 1.46. The molecular weight excluding hydrogens is 164 g/mol. The summed E-state index contributed by atoms with van der Waals surface area (Å²) in [5.74, 6) is 0.300. The largest absolute Gasteiger partial charge is 0.393 e. The first kappa shape index (κ1) is 10.3. The number of aromatic nitrogens is 2.